The average Bonchev–Trinajstić information content (AvgIpc) is 2.12. The van der Waals surface area contributed by atoms with Gasteiger partial charge in [0.1, 0.15) is 0 Å². The molecule has 0 amide bonds. The van der Waals surface area contributed by atoms with Crippen molar-refractivity contribution in [1.82, 2.24) is 0 Å². The maximum atomic E-state index is 4.66. The molecule has 0 radical (unpaired) electrons. The molecule has 0 aliphatic carbocycles. The Balaban J connectivity index is -0.0000000370. The largest absolute Gasteiger partial charge is 2.00 e. The third-order valence-corrected chi connectivity index (χ3v) is 0.983. The number of hydrogen-bond acceptors (Lipinski definition) is 4. The van der Waals surface area contributed by atoms with Crippen LogP contribution in [0.4, 0.5) is 0 Å². The maximum Gasteiger partial charge on any atom is 2.00 e. The Kier molecular flexibility index (Phi) is 72.0. The van der Waals surface area contributed by atoms with Crippen LogP contribution < -0.4 is 24.8 Å². The van der Waals surface area contributed by atoms with Crippen molar-refractivity contribution in [3.8, 4) is 0 Å². The molecule has 0 unspecified atom stereocenters. The van der Waals surface area contributed by atoms with Gasteiger partial charge < -0.3 is 43.8 Å². The van der Waals surface area contributed by atoms with Crippen molar-refractivity contribution in [2.75, 3.05) is 54.9 Å². The van der Waals surface area contributed by atoms with Crippen LogP contribution in [-0.2, 0) is 35.4 Å². The monoisotopic (exact) mass is 308 g/mol. The minimum absolute atomic E-state index is 0. The van der Waals surface area contributed by atoms with E-state index in [4.69, 9.17) is 0 Å². The number of rotatable bonds is 6. The average molecular weight is 310 g/mol. The van der Waals surface area contributed by atoms with Crippen molar-refractivity contribution >= 4 is 0 Å². The fraction of sp³-hybridized carbons (Fsp3) is 1.00. The molecule has 0 fully saturated rings. The van der Waals surface area contributed by atoms with Crippen molar-refractivity contribution in [1.29, 1.82) is 0 Å². The van der Waals surface area contributed by atoms with Gasteiger partial charge in [-0.2, -0.15) is 0 Å². The Labute approximate surface area is 115 Å². The van der Waals surface area contributed by atoms with Gasteiger partial charge in [0.05, 0.1) is 26.4 Å². The molecule has 4 nitrogen and oxygen atoms in total. The van der Waals surface area contributed by atoms with Crippen LogP contribution in [0.2, 0.25) is 0 Å². The van der Waals surface area contributed by atoms with Crippen molar-refractivity contribution in [2.24, 2.45) is 0 Å². The van der Waals surface area contributed by atoms with E-state index in [0.29, 0.717) is 26.4 Å². The van der Waals surface area contributed by atoms with E-state index < -0.39 is 0 Å². The third kappa shape index (κ3) is 52.0. The summed E-state index contributed by atoms with van der Waals surface area (Å²) in [7, 11) is 6.61. The molecule has 0 rings (SSSR count). The standard InChI is InChI=1S/2C4H10O2.2ClH.Ni/c2*1-5-3-4-6-2;;;/h2*3-4H2,1-2H3;2*1H;/q;;;;+2/p-2. The molecule has 0 aromatic heterocycles. The van der Waals surface area contributed by atoms with Gasteiger partial charge in [0, 0.05) is 28.4 Å². The molecule has 0 aliphatic heterocycles. The van der Waals surface area contributed by atoms with Gasteiger partial charge in [-0.25, -0.2) is 0 Å². The van der Waals surface area contributed by atoms with Crippen LogP contribution in [0.15, 0.2) is 0 Å². The molecule has 15 heavy (non-hydrogen) atoms. The molecule has 0 aromatic carbocycles. The zero-order chi connectivity index (χ0) is 9.66. The van der Waals surface area contributed by atoms with Gasteiger partial charge in [-0.05, 0) is 0 Å². The second-order valence-corrected chi connectivity index (χ2v) is 1.97. The van der Waals surface area contributed by atoms with Crippen LogP contribution in [0.5, 0.6) is 0 Å². The Morgan fingerprint density at radius 2 is 0.667 bits per heavy atom. The van der Waals surface area contributed by atoms with Gasteiger partial charge in [0.2, 0.25) is 0 Å². The normalized spacial score (nSPS) is 7.20. The van der Waals surface area contributed by atoms with Gasteiger partial charge in [0.15, 0.2) is 0 Å². The quantitative estimate of drug-likeness (QED) is 0.363. The van der Waals surface area contributed by atoms with Gasteiger partial charge in [0.25, 0.3) is 0 Å². The fourth-order valence-corrected chi connectivity index (χ4v) is 0.333. The smallest absolute Gasteiger partial charge is 1.00 e. The minimum atomic E-state index is 0. The predicted octanol–water partition coefficient (Wildman–Crippen LogP) is -5.44. The second-order valence-electron chi connectivity index (χ2n) is 1.97. The number of hydrogen-bond donors (Lipinski definition) is 0. The van der Waals surface area contributed by atoms with Gasteiger partial charge in [-0.1, -0.05) is 0 Å². The van der Waals surface area contributed by atoms with Gasteiger partial charge in [-0.3, -0.25) is 0 Å². The summed E-state index contributed by atoms with van der Waals surface area (Å²) < 4.78 is 18.6. The molecule has 100 valence electrons. The maximum absolute atomic E-state index is 4.66. The first kappa shape index (κ1) is 29.7. The molecule has 7 heteroatoms. The van der Waals surface area contributed by atoms with Crippen molar-refractivity contribution in [3.05, 3.63) is 0 Å². The first-order chi connectivity index (χ1) is 5.83. The molecule has 0 spiro atoms. The fourth-order valence-electron chi connectivity index (χ4n) is 0.333. The topological polar surface area (TPSA) is 36.9 Å². The Morgan fingerprint density at radius 1 is 0.533 bits per heavy atom. The Hall–Kier alpha value is 0.914. The number of methoxy groups -OCH3 is 4. The summed E-state index contributed by atoms with van der Waals surface area (Å²) in [6.07, 6.45) is 0. The van der Waals surface area contributed by atoms with E-state index in [-0.39, 0.29) is 41.3 Å². The molecule has 0 heterocycles. The Bertz CT molecular complexity index is 56.6. The number of halogens is 2. The molecule has 0 atom stereocenters. The molecular weight excluding hydrogens is 290 g/mol. The van der Waals surface area contributed by atoms with Gasteiger partial charge >= 0.3 is 16.5 Å². The van der Waals surface area contributed by atoms with E-state index in [0.717, 1.165) is 0 Å². The summed E-state index contributed by atoms with van der Waals surface area (Å²) in [6.45, 7) is 2.76. The first-order valence-corrected chi connectivity index (χ1v) is 3.79. The zero-order valence-corrected chi connectivity index (χ0v) is 12.0. The van der Waals surface area contributed by atoms with Crippen molar-refractivity contribution in [2.45, 2.75) is 0 Å². The SMILES string of the molecule is COCCOC.COCCOC.[Cl-].[Cl-].[Ni+2]. The molecule has 0 N–H and O–H groups in total. The predicted molar refractivity (Wildman–Crippen MR) is 47.5 cm³/mol. The second kappa shape index (κ2) is 36.3. The van der Waals surface area contributed by atoms with E-state index in [1.165, 1.54) is 0 Å². The van der Waals surface area contributed by atoms with Crippen LogP contribution in [-0.4, -0.2) is 54.9 Å². The third-order valence-electron chi connectivity index (χ3n) is 0.983. The summed E-state index contributed by atoms with van der Waals surface area (Å²) in [5.74, 6) is 0. The van der Waals surface area contributed by atoms with Gasteiger partial charge in [-0.15, -0.1) is 0 Å². The summed E-state index contributed by atoms with van der Waals surface area (Å²) in [5, 5.41) is 0. The van der Waals surface area contributed by atoms with E-state index in [2.05, 4.69) is 18.9 Å². The molecule has 0 bridgehead atoms. The molecule has 0 aromatic rings. The summed E-state index contributed by atoms with van der Waals surface area (Å²) >= 11 is 0. The molecule has 0 saturated carbocycles. The first-order valence-electron chi connectivity index (χ1n) is 3.79. The Morgan fingerprint density at radius 3 is 0.733 bits per heavy atom. The number of ether oxygens (including phenoxy) is 4. The molecule has 0 saturated heterocycles. The van der Waals surface area contributed by atoms with Crippen molar-refractivity contribution in [3.63, 3.8) is 0 Å². The van der Waals surface area contributed by atoms with E-state index in [9.17, 15) is 0 Å². The molecule has 0 aliphatic rings. The van der Waals surface area contributed by atoms with E-state index in [1.807, 2.05) is 0 Å². The summed E-state index contributed by atoms with van der Waals surface area (Å²) in [4.78, 5) is 0. The van der Waals surface area contributed by atoms with Crippen LogP contribution in [0, 0.1) is 0 Å². The van der Waals surface area contributed by atoms with E-state index in [1.54, 1.807) is 28.4 Å². The van der Waals surface area contributed by atoms with Crippen LogP contribution in [0.25, 0.3) is 0 Å². The van der Waals surface area contributed by atoms with Crippen LogP contribution in [0.1, 0.15) is 0 Å². The zero-order valence-electron chi connectivity index (χ0n) is 9.53. The van der Waals surface area contributed by atoms with Crippen LogP contribution in [0.3, 0.4) is 0 Å². The summed E-state index contributed by atoms with van der Waals surface area (Å²) in [6, 6.07) is 0. The summed E-state index contributed by atoms with van der Waals surface area (Å²) in [5.41, 5.74) is 0. The van der Waals surface area contributed by atoms with E-state index >= 15 is 0 Å². The molecular formula is C8H20Cl2NiO4. The van der Waals surface area contributed by atoms with Crippen molar-refractivity contribution < 1.29 is 60.3 Å². The van der Waals surface area contributed by atoms with Crippen LogP contribution >= 0.6 is 0 Å². The minimum Gasteiger partial charge on any atom is -1.00 e.